The SMILES string of the molecule is Cc1nc(C(=O)N2CCC[C@H]2CNc2ncc(Cl)cn2)c(-c2ccc(Cl)cc2)s1. The topological polar surface area (TPSA) is 71.0 Å². The summed E-state index contributed by atoms with van der Waals surface area (Å²) >= 11 is 13.4. The number of benzene rings is 1. The van der Waals surface area contributed by atoms with Crippen LogP contribution in [0.25, 0.3) is 10.4 Å². The molecule has 2 aromatic heterocycles. The second-order valence-corrected chi connectivity index (χ2v) is 8.89. The third kappa shape index (κ3) is 4.52. The Morgan fingerprint density at radius 2 is 1.93 bits per heavy atom. The molecule has 1 fully saturated rings. The van der Waals surface area contributed by atoms with E-state index in [-0.39, 0.29) is 11.9 Å². The van der Waals surface area contributed by atoms with E-state index >= 15 is 0 Å². The average molecular weight is 448 g/mol. The Bertz CT molecular complexity index is 1010. The van der Waals surface area contributed by atoms with Crippen molar-refractivity contribution in [2.75, 3.05) is 18.4 Å². The van der Waals surface area contributed by atoms with Gasteiger partial charge in [0.15, 0.2) is 0 Å². The number of carbonyl (C=O) groups excluding carboxylic acids is 1. The molecular weight excluding hydrogens is 429 g/mol. The molecule has 4 rings (SSSR count). The summed E-state index contributed by atoms with van der Waals surface area (Å²) in [5.74, 6) is 0.459. The van der Waals surface area contributed by atoms with Crippen LogP contribution < -0.4 is 5.32 Å². The third-order valence-corrected chi connectivity index (χ3v) is 6.26. The smallest absolute Gasteiger partial charge is 0.274 e. The number of nitrogens with one attached hydrogen (secondary N) is 1. The predicted octanol–water partition coefficient (Wildman–Crippen LogP) is 4.93. The summed E-state index contributed by atoms with van der Waals surface area (Å²) in [6.07, 6.45) is 4.97. The summed E-state index contributed by atoms with van der Waals surface area (Å²) < 4.78 is 0. The molecule has 1 saturated heterocycles. The van der Waals surface area contributed by atoms with Crippen molar-refractivity contribution < 1.29 is 4.79 Å². The fourth-order valence-corrected chi connectivity index (χ4v) is 4.57. The number of rotatable bonds is 5. The van der Waals surface area contributed by atoms with E-state index in [1.807, 2.05) is 36.1 Å². The molecule has 9 heteroatoms. The average Bonchev–Trinajstić information content (AvgIpc) is 3.34. The molecule has 0 saturated carbocycles. The molecule has 1 amide bonds. The standard InChI is InChI=1S/C20H19Cl2N5OS/c1-12-26-17(18(29-12)13-4-6-14(21)7-5-13)19(28)27-8-2-3-16(27)11-25-20-23-9-15(22)10-24-20/h4-7,9-10,16H,2-3,8,11H2,1H3,(H,23,24,25)/t16-/m0/s1. The minimum absolute atomic E-state index is 0.0411. The second-order valence-electron chi connectivity index (χ2n) is 6.82. The lowest BCUT2D eigenvalue weighted by Crippen LogP contribution is -2.40. The van der Waals surface area contributed by atoms with Crippen LogP contribution in [0.1, 0.15) is 28.3 Å². The van der Waals surface area contributed by atoms with Gasteiger partial charge in [-0.25, -0.2) is 15.0 Å². The molecule has 1 aromatic carbocycles. The largest absolute Gasteiger partial charge is 0.352 e. The molecule has 3 heterocycles. The van der Waals surface area contributed by atoms with E-state index < -0.39 is 0 Å². The number of anilines is 1. The number of nitrogens with zero attached hydrogens (tertiary/aromatic N) is 4. The van der Waals surface area contributed by atoms with E-state index in [1.165, 1.54) is 11.3 Å². The third-order valence-electron chi connectivity index (χ3n) is 4.80. The van der Waals surface area contributed by atoms with Crippen molar-refractivity contribution in [3.05, 3.63) is 57.4 Å². The van der Waals surface area contributed by atoms with E-state index in [9.17, 15) is 4.79 Å². The number of hydrogen-bond acceptors (Lipinski definition) is 6. The molecule has 0 bridgehead atoms. The van der Waals surface area contributed by atoms with Crippen molar-refractivity contribution in [3.63, 3.8) is 0 Å². The van der Waals surface area contributed by atoms with Gasteiger partial charge in [0.05, 0.1) is 27.3 Å². The molecule has 1 aliphatic heterocycles. The van der Waals surface area contributed by atoms with Gasteiger partial charge in [-0.3, -0.25) is 4.79 Å². The van der Waals surface area contributed by atoms with Gasteiger partial charge in [-0.05, 0) is 37.5 Å². The number of hydrogen-bond donors (Lipinski definition) is 1. The Balaban J connectivity index is 1.52. The maximum atomic E-state index is 13.4. The Labute approximate surface area is 182 Å². The van der Waals surface area contributed by atoms with Gasteiger partial charge in [-0.2, -0.15) is 0 Å². The minimum atomic E-state index is -0.0411. The molecule has 0 radical (unpaired) electrons. The van der Waals surface area contributed by atoms with E-state index in [0.29, 0.717) is 34.8 Å². The maximum Gasteiger partial charge on any atom is 0.274 e. The number of thiazole rings is 1. The molecule has 1 atom stereocenters. The van der Waals surface area contributed by atoms with E-state index in [2.05, 4.69) is 20.3 Å². The summed E-state index contributed by atoms with van der Waals surface area (Å²) in [7, 11) is 0. The fourth-order valence-electron chi connectivity index (χ4n) is 3.43. The first-order valence-electron chi connectivity index (χ1n) is 9.27. The number of halogens is 2. The molecule has 150 valence electrons. The van der Waals surface area contributed by atoms with Gasteiger partial charge in [0, 0.05) is 24.2 Å². The van der Waals surface area contributed by atoms with Crippen LogP contribution in [-0.4, -0.2) is 44.9 Å². The molecule has 3 aromatic rings. The van der Waals surface area contributed by atoms with Crippen molar-refractivity contribution in [3.8, 4) is 10.4 Å². The first kappa shape index (κ1) is 20.1. The Hall–Kier alpha value is -2.22. The number of aryl methyl sites for hydroxylation is 1. The van der Waals surface area contributed by atoms with Crippen molar-refractivity contribution >= 4 is 46.4 Å². The van der Waals surface area contributed by atoms with Crippen LogP contribution in [0, 0.1) is 6.92 Å². The lowest BCUT2D eigenvalue weighted by atomic mass is 10.1. The molecule has 0 unspecified atom stereocenters. The van der Waals surface area contributed by atoms with Gasteiger partial charge >= 0.3 is 0 Å². The summed E-state index contributed by atoms with van der Waals surface area (Å²) in [6.45, 7) is 3.21. The van der Waals surface area contributed by atoms with Crippen LogP contribution in [-0.2, 0) is 0 Å². The lowest BCUT2D eigenvalue weighted by Gasteiger charge is -2.24. The normalized spacial score (nSPS) is 16.2. The van der Waals surface area contributed by atoms with Crippen molar-refractivity contribution in [2.24, 2.45) is 0 Å². The molecule has 0 aliphatic carbocycles. The first-order chi connectivity index (χ1) is 14.0. The predicted molar refractivity (Wildman–Crippen MR) is 117 cm³/mol. The number of carbonyl (C=O) groups is 1. The molecule has 0 spiro atoms. The van der Waals surface area contributed by atoms with Crippen LogP contribution in [0.4, 0.5) is 5.95 Å². The Kier molecular flexibility index (Phi) is 5.99. The highest BCUT2D eigenvalue weighted by molar-refractivity contribution is 7.15. The Morgan fingerprint density at radius 1 is 1.21 bits per heavy atom. The number of amides is 1. The Morgan fingerprint density at radius 3 is 2.66 bits per heavy atom. The van der Waals surface area contributed by atoms with Gasteiger partial charge in [-0.1, -0.05) is 35.3 Å². The summed E-state index contributed by atoms with van der Waals surface area (Å²) in [5, 5.41) is 5.22. The van der Waals surface area contributed by atoms with Crippen LogP contribution in [0.15, 0.2) is 36.7 Å². The zero-order valence-corrected chi connectivity index (χ0v) is 18.1. The van der Waals surface area contributed by atoms with Crippen LogP contribution in [0.3, 0.4) is 0 Å². The zero-order valence-electron chi connectivity index (χ0n) is 15.7. The summed E-state index contributed by atoms with van der Waals surface area (Å²) in [5.41, 5.74) is 1.45. The molecule has 29 heavy (non-hydrogen) atoms. The highest BCUT2D eigenvalue weighted by Crippen LogP contribution is 2.33. The van der Waals surface area contributed by atoms with Crippen molar-refractivity contribution in [1.82, 2.24) is 19.9 Å². The molecule has 6 nitrogen and oxygen atoms in total. The van der Waals surface area contributed by atoms with Gasteiger partial charge in [0.25, 0.3) is 5.91 Å². The highest BCUT2D eigenvalue weighted by atomic mass is 35.5. The summed E-state index contributed by atoms with van der Waals surface area (Å²) in [6, 6.07) is 7.56. The maximum absolute atomic E-state index is 13.4. The van der Waals surface area contributed by atoms with Crippen molar-refractivity contribution in [1.29, 1.82) is 0 Å². The zero-order chi connectivity index (χ0) is 20.4. The van der Waals surface area contributed by atoms with E-state index in [0.717, 1.165) is 28.3 Å². The van der Waals surface area contributed by atoms with Gasteiger partial charge in [-0.15, -0.1) is 11.3 Å². The number of aromatic nitrogens is 3. The number of likely N-dealkylation sites (tertiary alicyclic amines) is 1. The first-order valence-corrected chi connectivity index (χ1v) is 10.8. The quantitative estimate of drug-likeness (QED) is 0.599. The van der Waals surface area contributed by atoms with Gasteiger partial charge < -0.3 is 10.2 Å². The van der Waals surface area contributed by atoms with Crippen LogP contribution in [0.5, 0.6) is 0 Å². The van der Waals surface area contributed by atoms with Crippen molar-refractivity contribution in [2.45, 2.75) is 25.8 Å². The van der Waals surface area contributed by atoms with Crippen LogP contribution in [0.2, 0.25) is 10.0 Å². The van der Waals surface area contributed by atoms with Gasteiger partial charge in [0.1, 0.15) is 5.69 Å². The van der Waals surface area contributed by atoms with Gasteiger partial charge in [0.2, 0.25) is 5.95 Å². The lowest BCUT2D eigenvalue weighted by molar-refractivity contribution is 0.0739. The molecule has 1 aliphatic rings. The minimum Gasteiger partial charge on any atom is -0.352 e. The van der Waals surface area contributed by atoms with E-state index in [4.69, 9.17) is 23.2 Å². The van der Waals surface area contributed by atoms with E-state index in [1.54, 1.807) is 12.4 Å². The van der Waals surface area contributed by atoms with Crippen LogP contribution >= 0.6 is 34.5 Å². The second kappa shape index (κ2) is 8.65. The molecule has 1 N–H and O–H groups in total. The summed E-state index contributed by atoms with van der Waals surface area (Å²) in [4.78, 5) is 29.0. The highest BCUT2D eigenvalue weighted by Gasteiger charge is 2.32. The monoisotopic (exact) mass is 447 g/mol. The molecular formula is C20H19Cl2N5OS. The fraction of sp³-hybridized carbons (Fsp3) is 0.300.